The standard InChI is InChI=1S/C13H25N3O/c1-2-4-13(5-3-6-13)11-15-12(14)16-7-9-17-10-8-16/h2-11H2,1H3,(H2,14,15). The van der Waals surface area contributed by atoms with Crippen LogP contribution in [0.4, 0.5) is 0 Å². The van der Waals surface area contributed by atoms with E-state index >= 15 is 0 Å². The summed E-state index contributed by atoms with van der Waals surface area (Å²) in [4.78, 5) is 6.77. The number of morpholine rings is 1. The molecular formula is C13H25N3O. The summed E-state index contributed by atoms with van der Waals surface area (Å²) in [5.41, 5.74) is 6.53. The molecule has 1 aliphatic carbocycles. The van der Waals surface area contributed by atoms with Crippen molar-refractivity contribution in [1.82, 2.24) is 4.90 Å². The fourth-order valence-electron chi connectivity index (χ4n) is 2.84. The van der Waals surface area contributed by atoms with Crippen molar-refractivity contribution in [3.8, 4) is 0 Å². The molecular weight excluding hydrogens is 214 g/mol. The molecule has 1 aliphatic heterocycles. The number of hydrogen-bond donors (Lipinski definition) is 1. The number of nitrogens with two attached hydrogens (primary N) is 1. The van der Waals surface area contributed by atoms with Crippen LogP contribution in [0.5, 0.6) is 0 Å². The average molecular weight is 239 g/mol. The molecule has 1 saturated carbocycles. The largest absolute Gasteiger partial charge is 0.378 e. The Morgan fingerprint density at radius 1 is 1.35 bits per heavy atom. The Kier molecular flexibility index (Phi) is 4.26. The van der Waals surface area contributed by atoms with Crippen molar-refractivity contribution in [3.05, 3.63) is 0 Å². The van der Waals surface area contributed by atoms with Gasteiger partial charge in [-0.05, 0) is 24.7 Å². The number of guanidine groups is 1. The highest BCUT2D eigenvalue weighted by molar-refractivity contribution is 5.78. The van der Waals surface area contributed by atoms with E-state index in [0.717, 1.165) is 38.8 Å². The van der Waals surface area contributed by atoms with Crippen molar-refractivity contribution in [2.24, 2.45) is 16.1 Å². The van der Waals surface area contributed by atoms with E-state index in [9.17, 15) is 0 Å². The molecule has 2 N–H and O–H groups in total. The Morgan fingerprint density at radius 2 is 2.06 bits per heavy atom. The molecule has 2 aliphatic rings. The van der Waals surface area contributed by atoms with Crippen LogP contribution in [0.1, 0.15) is 39.0 Å². The predicted octanol–water partition coefficient (Wildman–Crippen LogP) is 1.60. The van der Waals surface area contributed by atoms with Gasteiger partial charge in [0.2, 0.25) is 0 Å². The Labute approximate surface area is 104 Å². The molecule has 4 heteroatoms. The van der Waals surface area contributed by atoms with Crippen LogP contribution < -0.4 is 5.73 Å². The number of hydrogen-bond acceptors (Lipinski definition) is 2. The molecule has 0 atom stereocenters. The molecule has 1 saturated heterocycles. The maximum absolute atomic E-state index is 6.05. The molecule has 17 heavy (non-hydrogen) atoms. The zero-order valence-corrected chi connectivity index (χ0v) is 11.0. The lowest BCUT2D eigenvalue weighted by atomic mass is 9.66. The summed E-state index contributed by atoms with van der Waals surface area (Å²) in [7, 11) is 0. The number of rotatable bonds is 4. The van der Waals surface area contributed by atoms with Gasteiger partial charge in [-0.1, -0.05) is 19.8 Å². The van der Waals surface area contributed by atoms with Gasteiger partial charge in [-0.25, -0.2) is 0 Å². The number of ether oxygens (including phenoxy) is 1. The zero-order chi connectivity index (χ0) is 12.1. The van der Waals surface area contributed by atoms with Crippen LogP contribution >= 0.6 is 0 Å². The third kappa shape index (κ3) is 3.12. The smallest absolute Gasteiger partial charge is 0.191 e. The Hall–Kier alpha value is -0.770. The lowest BCUT2D eigenvalue weighted by Gasteiger charge is -2.41. The van der Waals surface area contributed by atoms with Gasteiger partial charge in [0.25, 0.3) is 0 Å². The van der Waals surface area contributed by atoms with Crippen LogP contribution in [-0.2, 0) is 4.74 Å². The van der Waals surface area contributed by atoms with E-state index in [0.29, 0.717) is 5.41 Å². The van der Waals surface area contributed by atoms with Crippen molar-refractivity contribution in [1.29, 1.82) is 0 Å². The predicted molar refractivity (Wildman–Crippen MR) is 70.1 cm³/mol. The molecule has 0 aromatic carbocycles. The van der Waals surface area contributed by atoms with E-state index in [2.05, 4.69) is 16.8 Å². The SMILES string of the molecule is CCCC1(CN=C(N)N2CCOCC2)CCC1. The van der Waals surface area contributed by atoms with Crippen molar-refractivity contribution >= 4 is 5.96 Å². The van der Waals surface area contributed by atoms with Gasteiger partial charge in [-0.2, -0.15) is 0 Å². The van der Waals surface area contributed by atoms with Crippen molar-refractivity contribution < 1.29 is 4.74 Å². The maximum atomic E-state index is 6.05. The summed E-state index contributed by atoms with van der Waals surface area (Å²) in [5.74, 6) is 0.718. The Bertz CT molecular complexity index is 268. The highest BCUT2D eigenvalue weighted by Crippen LogP contribution is 2.44. The van der Waals surface area contributed by atoms with Gasteiger partial charge in [0.1, 0.15) is 0 Å². The van der Waals surface area contributed by atoms with E-state index in [1.54, 1.807) is 0 Å². The van der Waals surface area contributed by atoms with Crippen LogP contribution in [0.25, 0.3) is 0 Å². The van der Waals surface area contributed by atoms with Crippen LogP contribution in [0, 0.1) is 5.41 Å². The molecule has 2 fully saturated rings. The molecule has 2 rings (SSSR count). The molecule has 0 aromatic rings. The minimum atomic E-state index is 0.478. The third-order valence-corrected chi connectivity index (χ3v) is 4.11. The van der Waals surface area contributed by atoms with Crippen LogP contribution in [-0.4, -0.2) is 43.7 Å². The van der Waals surface area contributed by atoms with Gasteiger partial charge in [0.05, 0.1) is 13.2 Å². The van der Waals surface area contributed by atoms with Gasteiger partial charge < -0.3 is 15.4 Å². The van der Waals surface area contributed by atoms with Crippen molar-refractivity contribution in [2.75, 3.05) is 32.8 Å². The summed E-state index contributed by atoms with van der Waals surface area (Å²) < 4.78 is 5.31. The van der Waals surface area contributed by atoms with Crippen LogP contribution in [0.3, 0.4) is 0 Å². The third-order valence-electron chi connectivity index (χ3n) is 4.11. The summed E-state index contributed by atoms with van der Waals surface area (Å²) in [5, 5.41) is 0. The summed E-state index contributed by atoms with van der Waals surface area (Å²) in [6, 6.07) is 0. The second-order valence-electron chi connectivity index (χ2n) is 5.38. The quantitative estimate of drug-likeness (QED) is 0.599. The van der Waals surface area contributed by atoms with Crippen molar-refractivity contribution in [2.45, 2.75) is 39.0 Å². The lowest BCUT2D eigenvalue weighted by molar-refractivity contribution is 0.0668. The van der Waals surface area contributed by atoms with Crippen molar-refractivity contribution in [3.63, 3.8) is 0 Å². The Morgan fingerprint density at radius 3 is 2.59 bits per heavy atom. The van der Waals surface area contributed by atoms with Crippen LogP contribution in [0.15, 0.2) is 4.99 Å². The highest BCUT2D eigenvalue weighted by Gasteiger charge is 2.35. The summed E-state index contributed by atoms with van der Waals surface area (Å²) in [6.45, 7) is 6.50. The molecule has 0 unspecified atom stereocenters. The molecule has 0 amide bonds. The minimum Gasteiger partial charge on any atom is -0.378 e. The summed E-state index contributed by atoms with van der Waals surface area (Å²) in [6.07, 6.45) is 6.59. The summed E-state index contributed by atoms with van der Waals surface area (Å²) >= 11 is 0. The first-order valence-corrected chi connectivity index (χ1v) is 6.88. The second kappa shape index (κ2) is 5.71. The molecule has 0 spiro atoms. The second-order valence-corrected chi connectivity index (χ2v) is 5.38. The Balaban J connectivity index is 1.85. The minimum absolute atomic E-state index is 0.478. The maximum Gasteiger partial charge on any atom is 0.191 e. The van der Waals surface area contributed by atoms with Gasteiger partial charge in [0, 0.05) is 19.6 Å². The molecule has 4 nitrogen and oxygen atoms in total. The average Bonchev–Trinajstić information content (AvgIpc) is 2.33. The molecule has 0 bridgehead atoms. The van der Waals surface area contributed by atoms with Gasteiger partial charge in [0.15, 0.2) is 5.96 Å². The monoisotopic (exact) mass is 239 g/mol. The van der Waals surface area contributed by atoms with E-state index in [4.69, 9.17) is 10.5 Å². The molecule has 1 heterocycles. The molecule has 0 radical (unpaired) electrons. The van der Waals surface area contributed by atoms with Crippen LogP contribution in [0.2, 0.25) is 0 Å². The molecule has 0 aromatic heterocycles. The van der Waals surface area contributed by atoms with E-state index in [1.165, 1.54) is 32.1 Å². The normalized spacial score (nSPS) is 24.5. The number of nitrogens with zero attached hydrogens (tertiary/aromatic N) is 2. The fourth-order valence-corrected chi connectivity index (χ4v) is 2.84. The van der Waals surface area contributed by atoms with Gasteiger partial charge >= 0.3 is 0 Å². The van der Waals surface area contributed by atoms with Gasteiger partial charge in [-0.15, -0.1) is 0 Å². The van der Waals surface area contributed by atoms with E-state index in [-0.39, 0.29) is 0 Å². The lowest BCUT2D eigenvalue weighted by Crippen LogP contribution is -2.45. The highest BCUT2D eigenvalue weighted by atomic mass is 16.5. The van der Waals surface area contributed by atoms with E-state index in [1.807, 2.05) is 0 Å². The first-order valence-electron chi connectivity index (χ1n) is 6.88. The van der Waals surface area contributed by atoms with E-state index < -0.39 is 0 Å². The first kappa shape index (κ1) is 12.7. The van der Waals surface area contributed by atoms with Gasteiger partial charge in [-0.3, -0.25) is 4.99 Å². The zero-order valence-electron chi connectivity index (χ0n) is 11.0. The topological polar surface area (TPSA) is 50.8 Å². The number of aliphatic imine (C=N–C) groups is 1. The first-order chi connectivity index (χ1) is 8.26. The fraction of sp³-hybridized carbons (Fsp3) is 0.923. The molecule has 98 valence electrons.